The van der Waals surface area contributed by atoms with Crippen LogP contribution in [0.4, 0.5) is 50.0 Å². The van der Waals surface area contributed by atoms with Gasteiger partial charge in [-0.2, -0.15) is 39.5 Å². The van der Waals surface area contributed by atoms with Gasteiger partial charge in [0.25, 0.3) is 0 Å². The highest BCUT2D eigenvalue weighted by Crippen LogP contribution is 2.44. The Morgan fingerprint density at radius 3 is 1.98 bits per heavy atom. The maximum absolute atomic E-state index is 13.6. The Morgan fingerprint density at radius 1 is 0.976 bits per heavy atom. The number of fused-ring (bicyclic) bond motifs is 1. The van der Waals surface area contributed by atoms with Crippen molar-refractivity contribution in [3.63, 3.8) is 0 Å². The van der Waals surface area contributed by atoms with Crippen LogP contribution in [0.3, 0.4) is 0 Å². The zero-order chi connectivity index (χ0) is 31.1. The molecule has 2 amide bonds. The first kappa shape index (κ1) is 32.0. The van der Waals surface area contributed by atoms with Gasteiger partial charge in [-0.3, -0.25) is 9.69 Å². The Kier molecular flexibility index (Phi) is 8.89. The quantitative estimate of drug-likeness (QED) is 0.330. The Hall–Kier alpha value is -3.52. The number of ether oxygens (including phenoxy) is 1. The first-order valence-corrected chi connectivity index (χ1v) is 12.4. The van der Waals surface area contributed by atoms with Crippen LogP contribution in [-0.4, -0.2) is 34.0 Å². The first-order valence-electron chi connectivity index (χ1n) is 12.4. The van der Waals surface area contributed by atoms with Crippen LogP contribution in [0.1, 0.15) is 74.7 Å². The molecule has 0 bridgehead atoms. The van der Waals surface area contributed by atoms with E-state index in [0.29, 0.717) is 18.2 Å². The van der Waals surface area contributed by atoms with E-state index < -0.39 is 83.3 Å². The van der Waals surface area contributed by atoms with E-state index in [9.17, 15) is 49.1 Å². The van der Waals surface area contributed by atoms with E-state index in [1.165, 1.54) is 0 Å². The maximum Gasteiger partial charge on any atom is 0.433 e. The molecule has 1 aromatic heterocycles. The van der Waals surface area contributed by atoms with Gasteiger partial charge < -0.3 is 9.64 Å². The number of halogens is 9. The highest BCUT2D eigenvalue weighted by Gasteiger charge is 2.43. The van der Waals surface area contributed by atoms with Crippen molar-refractivity contribution in [1.82, 2.24) is 9.88 Å². The number of benzene rings is 1. The van der Waals surface area contributed by atoms with Gasteiger partial charge in [-0.15, -0.1) is 0 Å². The number of carbonyl (C=O) groups excluding carboxylic acids is 2. The third-order valence-corrected chi connectivity index (χ3v) is 6.41. The summed E-state index contributed by atoms with van der Waals surface area (Å²) in [7, 11) is 0. The number of aromatic nitrogens is 1. The molecule has 0 spiro atoms. The van der Waals surface area contributed by atoms with Gasteiger partial charge in [0.05, 0.1) is 34.7 Å². The number of pyridine rings is 1. The predicted molar refractivity (Wildman–Crippen MR) is 127 cm³/mol. The lowest BCUT2D eigenvalue weighted by Crippen LogP contribution is -2.49. The highest BCUT2D eigenvalue weighted by molar-refractivity contribution is 5.90. The molecule has 41 heavy (non-hydrogen) atoms. The summed E-state index contributed by atoms with van der Waals surface area (Å²) in [6, 6.07) is 0.333. The standard InChI is InChI=1S/C26H26F9N3O3/c1-5-18-11-20(22-19(38(18)23(40)41-13(2)3)6-7-21(36-22)26(33,34)35)37(14(4)39)12-15-8-16(24(27,28)29)10-17(9-15)25(30,31)32/h6-10,13,18,20H,5,11-12H2,1-4H3. The van der Waals surface area contributed by atoms with Gasteiger partial charge in [0.1, 0.15) is 5.69 Å². The Morgan fingerprint density at radius 2 is 1.54 bits per heavy atom. The third kappa shape index (κ3) is 7.22. The highest BCUT2D eigenvalue weighted by atomic mass is 19.4. The number of amides is 2. The van der Waals surface area contributed by atoms with Crippen molar-refractivity contribution >= 4 is 17.7 Å². The second-order valence-corrected chi connectivity index (χ2v) is 9.78. The molecule has 15 heteroatoms. The zero-order valence-corrected chi connectivity index (χ0v) is 22.2. The number of alkyl halides is 9. The zero-order valence-electron chi connectivity index (χ0n) is 22.2. The lowest BCUT2D eigenvalue weighted by molar-refractivity contribution is -0.143. The molecule has 0 aliphatic carbocycles. The van der Waals surface area contributed by atoms with Crippen LogP contribution in [0.25, 0.3) is 0 Å². The Bertz CT molecular complexity index is 1260. The number of nitrogens with zero attached hydrogens (tertiary/aromatic N) is 3. The summed E-state index contributed by atoms with van der Waals surface area (Å²) >= 11 is 0. The minimum atomic E-state index is -5.15. The van der Waals surface area contributed by atoms with Gasteiger partial charge >= 0.3 is 24.6 Å². The average Bonchev–Trinajstić information content (AvgIpc) is 2.83. The molecule has 3 rings (SSSR count). The van der Waals surface area contributed by atoms with Gasteiger partial charge in [-0.25, -0.2) is 9.78 Å². The number of rotatable bonds is 5. The second-order valence-electron chi connectivity index (χ2n) is 9.78. The van der Waals surface area contributed by atoms with Crippen LogP contribution in [0, 0.1) is 0 Å². The summed E-state index contributed by atoms with van der Waals surface area (Å²) in [4.78, 5) is 31.4. The van der Waals surface area contributed by atoms with Gasteiger partial charge in [0, 0.05) is 19.5 Å². The summed E-state index contributed by atoms with van der Waals surface area (Å²) in [5, 5.41) is 0. The number of carbonyl (C=O) groups is 2. The molecule has 0 fully saturated rings. The van der Waals surface area contributed by atoms with Crippen LogP contribution in [0.5, 0.6) is 0 Å². The van der Waals surface area contributed by atoms with Crippen LogP contribution in [0.15, 0.2) is 30.3 Å². The number of hydrogen-bond donors (Lipinski definition) is 0. The van der Waals surface area contributed by atoms with E-state index in [2.05, 4.69) is 4.98 Å². The third-order valence-electron chi connectivity index (χ3n) is 6.41. The second kappa shape index (κ2) is 11.4. The molecule has 1 aliphatic heterocycles. The molecule has 0 saturated carbocycles. The van der Waals surface area contributed by atoms with Crippen LogP contribution in [-0.2, 0) is 34.6 Å². The van der Waals surface area contributed by atoms with Crippen molar-refractivity contribution in [3.8, 4) is 0 Å². The largest absolute Gasteiger partial charge is 0.446 e. The molecular formula is C26H26F9N3O3. The molecule has 2 atom stereocenters. The molecule has 2 aromatic rings. The van der Waals surface area contributed by atoms with Crippen LogP contribution < -0.4 is 4.90 Å². The number of anilines is 1. The Balaban J connectivity index is 2.20. The monoisotopic (exact) mass is 599 g/mol. The first-order chi connectivity index (χ1) is 18.7. The van der Waals surface area contributed by atoms with Gasteiger partial charge in [-0.05, 0) is 62.6 Å². The summed E-state index contributed by atoms with van der Waals surface area (Å²) in [5.41, 5.74) is -5.66. The molecule has 0 radical (unpaired) electrons. The van der Waals surface area contributed by atoms with Crippen molar-refractivity contribution in [2.24, 2.45) is 0 Å². The predicted octanol–water partition coefficient (Wildman–Crippen LogP) is 7.76. The van der Waals surface area contributed by atoms with Crippen molar-refractivity contribution in [1.29, 1.82) is 0 Å². The fraction of sp³-hybridized carbons (Fsp3) is 0.500. The lowest BCUT2D eigenvalue weighted by atomic mass is 9.91. The molecule has 2 heterocycles. The van der Waals surface area contributed by atoms with E-state index in [1.54, 1.807) is 20.8 Å². The maximum atomic E-state index is 13.6. The Labute approximate surface area is 229 Å². The topological polar surface area (TPSA) is 62.7 Å². The van der Waals surface area contributed by atoms with E-state index in [-0.39, 0.29) is 24.6 Å². The molecule has 6 nitrogen and oxygen atoms in total. The summed E-state index contributed by atoms with van der Waals surface area (Å²) < 4.78 is 127. The van der Waals surface area contributed by atoms with E-state index >= 15 is 0 Å². The smallest absolute Gasteiger partial charge is 0.433 e. The molecular weight excluding hydrogens is 573 g/mol. The minimum Gasteiger partial charge on any atom is -0.446 e. The SMILES string of the molecule is CCC1CC(N(Cc2cc(C(F)(F)F)cc(C(F)(F)F)c2)C(C)=O)c2nc(C(F)(F)F)ccc2N1C(=O)OC(C)C. The number of hydrogen-bond acceptors (Lipinski definition) is 4. The van der Waals surface area contributed by atoms with Gasteiger partial charge in [0.15, 0.2) is 0 Å². The summed E-state index contributed by atoms with van der Waals surface area (Å²) in [6.45, 7) is 4.93. The minimum absolute atomic E-state index is 0.0694. The van der Waals surface area contributed by atoms with Crippen molar-refractivity contribution < 1.29 is 53.8 Å². The summed E-state index contributed by atoms with van der Waals surface area (Å²) in [6.07, 6.45) is -16.7. The van der Waals surface area contributed by atoms with Crippen LogP contribution >= 0.6 is 0 Å². The molecule has 226 valence electrons. The molecule has 0 saturated heterocycles. The molecule has 0 N–H and O–H groups in total. The fourth-order valence-corrected chi connectivity index (χ4v) is 4.62. The van der Waals surface area contributed by atoms with Crippen LogP contribution in [0.2, 0.25) is 0 Å². The summed E-state index contributed by atoms with van der Waals surface area (Å²) in [5.74, 6) is -0.848. The van der Waals surface area contributed by atoms with E-state index in [1.807, 2.05) is 0 Å². The fourth-order valence-electron chi connectivity index (χ4n) is 4.62. The lowest BCUT2D eigenvalue weighted by Gasteiger charge is -2.43. The van der Waals surface area contributed by atoms with E-state index in [0.717, 1.165) is 22.8 Å². The van der Waals surface area contributed by atoms with Crippen molar-refractivity contribution in [2.75, 3.05) is 4.90 Å². The van der Waals surface area contributed by atoms with Gasteiger partial charge in [0.2, 0.25) is 5.91 Å². The molecule has 1 aromatic carbocycles. The van der Waals surface area contributed by atoms with E-state index in [4.69, 9.17) is 4.74 Å². The van der Waals surface area contributed by atoms with Crippen molar-refractivity contribution in [2.45, 2.75) is 83.8 Å². The molecule has 1 aliphatic rings. The normalized spacial score (nSPS) is 17.9. The van der Waals surface area contributed by atoms with Crippen molar-refractivity contribution in [3.05, 3.63) is 58.4 Å². The molecule has 2 unspecified atom stereocenters. The van der Waals surface area contributed by atoms with Gasteiger partial charge in [-0.1, -0.05) is 6.92 Å². The average molecular weight is 599 g/mol.